The number of nitrogens with two attached hydrogens (primary N) is 1. The summed E-state index contributed by atoms with van der Waals surface area (Å²) in [7, 11) is 2.21. The Labute approximate surface area is 110 Å². The van der Waals surface area contributed by atoms with Crippen molar-refractivity contribution in [3.05, 3.63) is 21.4 Å². The minimum atomic E-state index is 0.635. The maximum Gasteiger partial charge on any atom is 0.0274 e. The van der Waals surface area contributed by atoms with E-state index in [4.69, 9.17) is 5.73 Å². The Morgan fingerprint density at radius 1 is 1.35 bits per heavy atom. The Hall–Kier alpha value is -0.380. The molecule has 1 rings (SSSR count). The zero-order valence-electron chi connectivity index (χ0n) is 11.8. The van der Waals surface area contributed by atoms with E-state index in [1.165, 1.54) is 21.7 Å². The number of thiophene rings is 1. The Bertz CT molecular complexity index is 344. The van der Waals surface area contributed by atoms with Gasteiger partial charge in [0.2, 0.25) is 0 Å². The molecule has 0 aliphatic rings. The van der Waals surface area contributed by atoms with Crippen molar-refractivity contribution in [2.24, 2.45) is 11.7 Å². The van der Waals surface area contributed by atoms with Crippen LogP contribution in [0.2, 0.25) is 0 Å². The molecule has 98 valence electrons. The van der Waals surface area contributed by atoms with E-state index in [9.17, 15) is 0 Å². The van der Waals surface area contributed by atoms with Crippen LogP contribution in [0.1, 0.15) is 42.5 Å². The lowest BCUT2D eigenvalue weighted by Crippen LogP contribution is -2.29. The molecule has 0 aliphatic carbocycles. The van der Waals surface area contributed by atoms with Crippen LogP contribution in [0.5, 0.6) is 0 Å². The first-order valence-corrected chi connectivity index (χ1v) is 7.24. The van der Waals surface area contributed by atoms with Crippen molar-refractivity contribution in [3.8, 4) is 0 Å². The molecule has 2 N–H and O–H groups in total. The quantitative estimate of drug-likeness (QED) is 0.843. The standard InChI is InChI=1S/C14H26N2S/c1-10(2)6-11(3)16(5)9-13-7-14(8-15)17-12(13)4/h7,10-11H,6,8-9,15H2,1-5H3. The van der Waals surface area contributed by atoms with Crippen LogP contribution < -0.4 is 5.73 Å². The highest BCUT2D eigenvalue weighted by atomic mass is 32.1. The summed E-state index contributed by atoms with van der Waals surface area (Å²) in [5, 5.41) is 0. The highest BCUT2D eigenvalue weighted by Gasteiger charge is 2.13. The molecule has 0 fully saturated rings. The van der Waals surface area contributed by atoms with Crippen LogP contribution >= 0.6 is 11.3 Å². The van der Waals surface area contributed by atoms with Crippen molar-refractivity contribution >= 4 is 11.3 Å². The van der Waals surface area contributed by atoms with Crippen molar-refractivity contribution < 1.29 is 0 Å². The Morgan fingerprint density at radius 3 is 2.47 bits per heavy atom. The lowest BCUT2D eigenvalue weighted by molar-refractivity contribution is 0.220. The minimum absolute atomic E-state index is 0.635. The van der Waals surface area contributed by atoms with E-state index >= 15 is 0 Å². The van der Waals surface area contributed by atoms with Crippen LogP contribution in [0.4, 0.5) is 0 Å². The summed E-state index contributed by atoms with van der Waals surface area (Å²) in [6.45, 7) is 10.8. The zero-order chi connectivity index (χ0) is 13.0. The molecule has 0 saturated carbocycles. The average molecular weight is 254 g/mol. The topological polar surface area (TPSA) is 29.3 Å². The third-order valence-electron chi connectivity index (χ3n) is 3.26. The number of nitrogens with zero attached hydrogens (tertiary/aromatic N) is 1. The molecular weight excluding hydrogens is 228 g/mol. The van der Waals surface area contributed by atoms with Gasteiger partial charge in [-0.3, -0.25) is 4.90 Å². The molecule has 1 aromatic heterocycles. The number of rotatable bonds is 6. The monoisotopic (exact) mass is 254 g/mol. The fraction of sp³-hybridized carbons (Fsp3) is 0.714. The molecule has 0 aliphatic heterocycles. The van der Waals surface area contributed by atoms with Crippen LogP contribution in [0.3, 0.4) is 0 Å². The van der Waals surface area contributed by atoms with Crippen molar-refractivity contribution in [1.82, 2.24) is 4.90 Å². The van der Waals surface area contributed by atoms with E-state index < -0.39 is 0 Å². The van der Waals surface area contributed by atoms with Gasteiger partial charge in [-0.15, -0.1) is 11.3 Å². The summed E-state index contributed by atoms with van der Waals surface area (Å²) >= 11 is 1.83. The van der Waals surface area contributed by atoms with Crippen LogP contribution in [-0.2, 0) is 13.1 Å². The Balaban J connectivity index is 2.60. The fourth-order valence-electron chi connectivity index (χ4n) is 2.13. The molecule has 1 aromatic rings. The lowest BCUT2D eigenvalue weighted by Gasteiger charge is -2.26. The van der Waals surface area contributed by atoms with Gasteiger partial charge < -0.3 is 5.73 Å². The molecular formula is C14H26N2S. The highest BCUT2D eigenvalue weighted by Crippen LogP contribution is 2.23. The molecule has 1 unspecified atom stereocenters. The van der Waals surface area contributed by atoms with Gasteiger partial charge in [-0.25, -0.2) is 0 Å². The van der Waals surface area contributed by atoms with Crippen molar-refractivity contribution in [2.75, 3.05) is 7.05 Å². The van der Waals surface area contributed by atoms with Gasteiger partial charge in [0.05, 0.1) is 0 Å². The van der Waals surface area contributed by atoms with Crippen molar-refractivity contribution in [1.29, 1.82) is 0 Å². The first kappa shape index (κ1) is 14.7. The summed E-state index contributed by atoms with van der Waals surface area (Å²) in [5.41, 5.74) is 7.12. The summed E-state index contributed by atoms with van der Waals surface area (Å²) in [5.74, 6) is 0.760. The first-order chi connectivity index (χ1) is 7.93. The first-order valence-electron chi connectivity index (χ1n) is 6.42. The summed E-state index contributed by atoms with van der Waals surface area (Å²) in [6, 6.07) is 2.90. The molecule has 0 saturated heterocycles. The van der Waals surface area contributed by atoms with Gasteiger partial charge in [0.1, 0.15) is 0 Å². The highest BCUT2D eigenvalue weighted by molar-refractivity contribution is 7.12. The Morgan fingerprint density at radius 2 is 2.00 bits per heavy atom. The second-order valence-corrected chi connectivity index (χ2v) is 6.73. The fourth-order valence-corrected chi connectivity index (χ4v) is 3.06. The molecule has 0 radical (unpaired) electrons. The van der Waals surface area contributed by atoms with E-state index in [1.807, 2.05) is 11.3 Å². The van der Waals surface area contributed by atoms with Gasteiger partial charge in [0.15, 0.2) is 0 Å². The van der Waals surface area contributed by atoms with Gasteiger partial charge in [0.25, 0.3) is 0 Å². The third-order valence-corrected chi connectivity index (χ3v) is 4.37. The van der Waals surface area contributed by atoms with E-state index in [2.05, 4.69) is 45.7 Å². The van der Waals surface area contributed by atoms with Crippen molar-refractivity contribution in [3.63, 3.8) is 0 Å². The number of aryl methyl sites for hydroxylation is 1. The molecule has 0 spiro atoms. The number of hydrogen-bond donors (Lipinski definition) is 1. The second-order valence-electron chi connectivity index (χ2n) is 5.39. The summed E-state index contributed by atoms with van der Waals surface area (Å²) < 4.78 is 0. The van der Waals surface area contributed by atoms with Crippen LogP contribution in [0.15, 0.2) is 6.07 Å². The second kappa shape index (κ2) is 6.53. The SMILES string of the molecule is Cc1sc(CN)cc1CN(C)C(C)CC(C)C. The molecule has 17 heavy (non-hydrogen) atoms. The normalized spacial score (nSPS) is 13.6. The van der Waals surface area contributed by atoms with E-state index in [0.29, 0.717) is 12.6 Å². The predicted octanol–water partition coefficient (Wildman–Crippen LogP) is 3.38. The molecule has 1 heterocycles. The van der Waals surface area contributed by atoms with E-state index in [-0.39, 0.29) is 0 Å². The predicted molar refractivity (Wildman–Crippen MR) is 77.3 cm³/mol. The summed E-state index contributed by atoms with van der Waals surface area (Å²) in [4.78, 5) is 5.14. The molecule has 3 heteroatoms. The van der Waals surface area contributed by atoms with Gasteiger partial charge in [-0.05, 0) is 44.9 Å². The van der Waals surface area contributed by atoms with Crippen LogP contribution in [0, 0.1) is 12.8 Å². The smallest absolute Gasteiger partial charge is 0.0274 e. The van der Waals surface area contributed by atoms with Gasteiger partial charge >= 0.3 is 0 Å². The molecule has 0 amide bonds. The van der Waals surface area contributed by atoms with Gasteiger partial charge in [0, 0.05) is 28.9 Å². The summed E-state index contributed by atoms with van der Waals surface area (Å²) in [6.07, 6.45) is 1.25. The average Bonchev–Trinajstić information content (AvgIpc) is 2.58. The van der Waals surface area contributed by atoms with Gasteiger partial charge in [-0.1, -0.05) is 13.8 Å². The molecule has 2 nitrogen and oxygen atoms in total. The van der Waals surface area contributed by atoms with E-state index in [0.717, 1.165) is 12.5 Å². The molecule has 0 bridgehead atoms. The third kappa shape index (κ3) is 4.41. The van der Waals surface area contributed by atoms with Gasteiger partial charge in [-0.2, -0.15) is 0 Å². The zero-order valence-corrected chi connectivity index (χ0v) is 12.6. The molecule has 1 atom stereocenters. The van der Waals surface area contributed by atoms with E-state index in [1.54, 1.807) is 0 Å². The van der Waals surface area contributed by atoms with Crippen molar-refractivity contribution in [2.45, 2.75) is 53.2 Å². The maximum atomic E-state index is 5.69. The largest absolute Gasteiger partial charge is 0.326 e. The lowest BCUT2D eigenvalue weighted by atomic mass is 10.0. The molecule has 0 aromatic carbocycles. The maximum absolute atomic E-state index is 5.69. The van der Waals surface area contributed by atoms with Crippen LogP contribution in [0.25, 0.3) is 0 Å². The number of hydrogen-bond acceptors (Lipinski definition) is 3. The Kier molecular flexibility index (Phi) is 5.63. The minimum Gasteiger partial charge on any atom is -0.326 e. The van der Waals surface area contributed by atoms with Crippen LogP contribution in [-0.4, -0.2) is 18.0 Å².